The van der Waals surface area contributed by atoms with Crippen LogP contribution in [0.3, 0.4) is 0 Å². The summed E-state index contributed by atoms with van der Waals surface area (Å²) >= 11 is 0. The van der Waals surface area contributed by atoms with Gasteiger partial charge in [-0.3, -0.25) is 0 Å². The zero-order valence-electron chi connectivity index (χ0n) is 11.7. The number of nitrogens with two attached hydrogens (primary N) is 1. The first kappa shape index (κ1) is 14.0. The van der Waals surface area contributed by atoms with Gasteiger partial charge in [0.25, 0.3) is 0 Å². The molecule has 0 heterocycles. The predicted molar refractivity (Wildman–Crippen MR) is 71.6 cm³/mol. The third-order valence-electron chi connectivity index (χ3n) is 3.59. The Morgan fingerprint density at radius 3 is 2.19 bits per heavy atom. The minimum Gasteiger partial charge on any atom is -0.325 e. The van der Waals surface area contributed by atoms with E-state index >= 15 is 0 Å². The van der Waals surface area contributed by atoms with E-state index in [1.807, 2.05) is 0 Å². The van der Waals surface area contributed by atoms with Crippen molar-refractivity contribution in [3.8, 4) is 0 Å². The van der Waals surface area contributed by atoms with Gasteiger partial charge in [0.15, 0.2) is 0 Å². The molecule has 0 bridgehead atoms. The second-order valence-electron chi connectivity index (χ2n) is 6.97. The van der Waals surface area contributed by atoms with Gasteiger partial charge >= 0.3 is 0 Å². The van der Waals surface area contributed by atoms with Crippen LogP contribution in [-0.2, 0) is 0 Å². The molecule has 0 unspecified atom stereocenters. The Hall–Kier alpha value is -0.0800. The summed E-state index contributed by atoms with van der Waals surface area (Å²) in [4.78, 5) is 2.43. The maximum absolute atomic E-state index is 6.44. The summed E-state index contributed by atoms with van der Waals surface area (Å²) in [7, 11) is 2.22. The summed E-state index contributed by atoms with van der Waals surface area (Å²) < 4.78 is 0. The standard InChI is InChI=1S/C14H30N2/c1-13(2,3)12-16(4)11-10-14(15)8-6-5-7-9-14/h5-12,15H2,1-4H3. The first-order valence-corrected chi connectivity index (χ1v) is 6.78. The molecule has 2 nitrogen and oxygen atoms in total. The van der Waals surface area contributed by atoms with Crippen molar-refractivity contribution in [3.05, 3.63) is 0 Å². The van der Waals surface area contributed by atoms with Crippen LogP contribution in [-0.4, -0.2) is 30.6 Å². The van der Waals surface area contributed by atoms with E-state index in [1.165, 1.54) is 38.5 Å². The average Bonchev–Trinajstić information content (AvgIpc) is 2.14. The van der Waals surface area contributed by atoms with Crippen molar-refractivity contribution in [2.45, 2.75) is 64.8 Å². The van der Waals surface area contributed by atoms with Gasteiger partial charge in [0.2, 0.25) is 0 Å². The molecule has 0 aliphatic heterocycles. The highest BCUT2D eigenvalue weighted by Crippen LogP contribution is 2.28. The fourth-order valence-electron chi connectivity index (χ4n) is 2.81. The van der Waals surface area contributed by atoms with Gasteiger partial charge in [0.05, 0.1) is 0 Å². The highest BCUT2D eigenvalue weighted by Gasteiger charge is 2.27. The molecule has 0 amide bonds. The van der Waals surface area contributed by atoms with E-state index < -0.39 is 0 Å². The van der Waals surface area contributed by atoms with E-state index in [0.717, 1.165) is 13.1 Å². The fourth-order valence-corrected chi connectivity index (χ4v) is 2.81. The molecular formula is C14H30N2. The van der Waals surface area contributed by atoms with Crippen LogP contribution in [0.1, 0.15) is 59.3 Å². The lowest BCUT2D eigenvalue weighted by molar-refractivity contribution is 0.189. The molecule has 2 N–H and O–H groups in total. The van der Waals surface area contributed by atoms with Crippen molar-refractivity contribution in [1.29, 1.82) is 0 Å². The first-order chi connectivity index (χ1) is 7.31. The summed E-state index contributed by atoms with van der Waals surface area (Å²) in [6, 6.07) is 0. The molecule has 0 saturated heterocycles. The van der Waals surface area contributed by atoms with E-state index in [1.54, 1.807) is 0 Å². The van der Waals surface area contributed by atoms with Crippen molar-refractivity contribution in [2.75, 3.05) is 20.1 Å². The predicted octanol–water partition coefficient (Wildman–Crippen LogP) is 3.02. The van der Waals surface area contributed by atoms with E-state index in [-0.39, 0.29) is 5.54 Å². The van der Waals surface area contributed by atoms with E-state index in [9.17, 15) is 0 Å². The lowest BCUT2D eigenvalue weighted by atomic mass is 9.80. The number of rotatable bonds is 4. The highest BCUT2D eigenvalue weighted by atomic mass is 15.1. The number of hydrogen-bond acceptors (Lipinski definition) is 2. The van der Waals surface area contributed by atoms with Gasteiger partial charge in [-0.1, -0.05) is 40.0 Å². The SMILES string of the molecule is CN(CCC1(N)CCCCC1)CC(C)(C)C. The van der Waals surface area contributed by atoms with E-state index in [4.69, 9.17) is 5.73 Å². The monoisotopic (exact) mass is 226 g/mol. The summed E-state index contributed by atoms with van der Waals surface area (Å²) in [5, 5.41) is 0. The summed E-state index contributed by atoms with van der Waals surface area (Å²) in [5.74, 6) is 0. The zero-order valence-corrected chi connectivity index (χ0v) is 11.7. The van der Waals surface area contributed by atoms with Gasteiger partial charge in [-0.25, -0.2) is 0 Å². The first-order valence-electron chi connectivity index (χ1n) is 6.78. The van der Waals surface area contributed by atoms with Gasteiger partial charge in [0.1, 0.15) is 0 Å². The molecule has 0 atom stereocenters. The van der Waals surface area contributed by atoms with Crippen LogP contribution in [0.2, 0.25) is 0 Å². The van der Waals surface area contributed by atoms with Crippen LogP contribution >= 0.6 is 0 Å². The van der Waals surface area contributed by atoms with Crippen LogP contribution in [0.15, 0.2) is 0 Å². The summed E-state index contributed by atoms with van der Waals surface area (Å²) in [5.41, 5.74) is 6.98. The highest BCUT2D eigenvalue weighted by molar-refractivity contribution is 4.88. The van der Waals surface area contributed by atoms with Crippen LogP contribution in [0.4, 0.5) is 0 Å². The smallest absolute Gasteiger partial charge is 0.0166 e. The Labute approximate surface area is 102 Å². The van der Waals surface area contributed by atoms with Gasteiger partial charge in [-0.15, -0.1) is 0 Å². The molecule has 1 aliphatic carbocycles. The van der Waals surface area contributed by atoms with Crippen LogP contribution in [0, 0.1) is 5.41 Å². The topological polar surface area (TPSA) is 29.3 Å². The van der Waals surface area contributed by atoms with E-state index in [2.05, 4.69) is 32.7 Å². The molecule has 0 aromatic heterocycles. The van der Waals surface area contributed by atoms with E-state index in [0.29, 0.717) is 5.41 Å². The van der Waals surface area contributed by atoms with Crippen molar-refractivity contribution >= 4 is 0 Å². The molecular weight excluding hydrogens is 196 g/mol. The lowest BCUT2D eigenvalue weighted by Gasteiger charge is -2.36. The largest absolute Gasteiger partial charge is 0.325 e. The third kappa shape index (κ3) is 5.31. The Morgan fingerprint density at radius 2 is 1.69 bits per heavy atom. The van der Waals surface area contributed by atoms with Gasteiger partial charge in [-0.05, 0) is 38.3 Å². The van der Waals surface area contributed by atoms with Crippen molar-refractivity contribution in [2.24, 2.45) is 11.1 Å². The Balaban J connectivity index is 2.27. The molecule has 96 valence electrons. The summed E-state index contributed by atoms with van der Waals surface area (Å²) in [6.45, 7) is 9.18. The van der Waals surface area contributed by atoms with Crippen molar-refractivity contribution in [1.82, 2.24) is 4.90 Å². The molecule has 1 saturated carbocycles. The molecule has 0 aromatic carbocycles. The Kier molecular flexibility index (Phi) is 4.81. The summed E-state index contributed by atoms with van der Waals surface area (Å²) in [6.07, 6.45) is 7.68. The maximum atomic E-state index is 6.44. The molecule has 16 heavy (non-hydrogen) atoms. The van der Waals surface area contributed by atoms with Gasteiger partial charge < -0.3 is 10.6 Å². The lowest BCUT2D eigenvalue weighted by Crippen LogP contribution is -2.44. The third-order valence-corrected chi connectivity index (χ3v) is 3.59. The quantitative estimate of drug-likeness (QED) is 0.798. The molecule has 0 spiro atoms. The molecule has 1 fully saturated rings. The fraction of sp³-hybridized carbons (Fsp3) is 1.00. The average molecular weight is 226 g/mol. The zero-order chi connectivity index (χ0) is 12.2. The van der Waals surface area contributed by atoms with Gasteiger partial charge in [0, 0.05) is 12.1 Å². The molecule has 1 aliphatic rings. The molecule has 1 rings (SSSR count). The minimum atomic E-state index is 0.143. The molecule has 2 heteroatoms. The minimum absolute atomic E-state index is 0.143. The molecule has 0 aromatic rings. The van der Waals surface area contributed by atoms with Crippen LogP contribution < -0.4 is 5.73 Å². The molecule has 0 radical (unpaired) electrons. The van der Waals surface area contributed by atoms with Gasteiger partial charge in [-0.2, -0.15) is 0 Å². The van der Waals surface area contributed by atoms with Crippen molar-refractivity contribution in [3.63, 3.8) is 0 Å². The Morgan fingerprint density at radius 1 is 1.12 bits per heavy atom. The van der Waals surface area contributed by atoms with Crippen LogP contribution in [0.5, 0.6) is 0 Å². The van der Waals surface area contributed by atoms with Crippen LogP contribution in [0.25, 0.3) is 0 Å². The van der Waals surface area contributed by atoms with Crippen molar-refractivity contribution < 1.29 is 0 Å². The normalized spacial score (nSPS) is 21.4. The maximum Gasteiger partial charge on any atom is 0.0166 e. The second kappa shape index (κ2) is 5.50. The number of hydrogen-bond donors (Lipinski definition) is 1. The number of nitrogens with zero attached hydrogens (tertiary/aromatic N) is 1. The Bertz CT molecular complexity index is 199. The second-order valence-corrected chi connectivity index (χ2v) is 6.97.